The first-order chi connectivity index (χ1) is 32.7. The van der Waals surface area contributed by atoms with Crippen LogP contribution in [0.3, 0.4) is 0 Å². The quantitative estimate of drug-likeness (QED) is 0.156. The van der Waals surface area contributed by atoms with Crippen LogP contribution in [0.4, 0.5) is 13.2 Å². The number of aliphatic hydroxyl groups is 1. The van der Waals surface area contributed by atoms with Gasteiger partial charge in [-0.25, -0.2) is 4.79 Å². The number of fused-ring (bicyclic) bond motifs is 2. The lowest BCUT2D eigenvalue weighted by Crippen LogP contribution is -2.52. The summed E-state index contributed by atoms with van der Waals surface area (Å²) in [6.07, 6.45) is 0.953. The molecule has 0 bridgehead atoms. The first-order valence-electron chi connectivity index (χ1n) is 23.2. The fraction of sp³-hybridized carbons (Fsp3) is 0.400. The van der Waals surface area contributed by atoms with Crippen molar-refractivity contribution in [3.8, 4) is 16.8 Å². The molecule has 3 fully saturated rings. The third-order valence-corrected chi connectivity index (χ3v) is 14.4. The Labute approximate surface area is 389 Å². The van der Waals surface area contributed by atoms with Gasteiger partial charge in [-0.05, 0) is 121 Å². The number of likely N-dealkylation sites (tertiary alicyclic amines) is 2. The van der Waals surface area contributed by atoms with Gasteiger partial charge in [-0.15, -0.1) is 0 Å². The first kappa shape index (κ1) is 45.0. The lowest BCUT2D eigenvalue weighted by molar-refractivity contribution is -0.137. The second-order valence-electron chi connectivity index (χ2n) is 18.8. The Morgan fingerprint density at radius 3 is 2.34 bits per heavy atom. The number of aromatic nitrogens is 2. The van der Waals surface area contributed by atoms with Crippen LogP contribution in [0, 0.1) is 5.92 Å². The number of likely N-dealkylation sites (N-methyl/N-ethyl adjacent to an activating group) is 1. The minimum Gasteiger partial charge on any atom is -0.380 e. The van der Waals surface area contributed by atoms with Crippen molar-refractivity contribution in [3.05, 3.63) is 129 Å². The molecule has 4 amide bonds. The molecule has 10 rings (SSSR count). The van der Waals surface area contributed by atoms with Crippen molar-refractivity contribution >= 4 is 35.0 Å². The van der Waals surface area contributed by atoms with E-state index in [9.17, 15) is 42.3 Å². The highest BCUT2D eigenvalue weighted by Crippen LogP contribution is 2.36. The summed E-state index contributed by atoms with van der Waals surface area (Å²) in [5.41, 5.74) is 6.68. The van der Waals surface area contributed by atoms with E-state index in [4.69, 9.17) is 0 Å². The normalized spacial score (nSPS) is 20.2. The number of hydrogen-bond donors (Lipinski definition) is 3. The lowest BCUT2D eigenvalue weighted by Gasteiger charge is -2.35. The minimum absolute atomic E-state index is 0.129. The number of imide groups is 1. The Balaban J connectivity index is 0.719. The van der Waals surface area contributed by atoms with Crippen LogP contribution in [0.2, 0.25) is 0 Å². The highest BCUT2D eigenvalue weighted by atomic mass is 19.4. The van der Waals surface area contributed by atoms with E-state index in [0.717, 1.165) is 57.4 Å². The number of hydrogen-bond acceptors (Lipinski definition) is 10. The molecule has 0 radical (unpaired) electrons. The van der Waals surface area contributed by atoms with Crippen molar-refractivity contribution in [2.24, 2.45) is 11.0 Å². The number of benzene rings is 3. The molecule has 0 spiro atoms. The van der Waals surface area contributed by atoms with E-state index in [1.54, 1.807) is 41.1 Å². The van der Waals surface area contributed by atoms with Gasteiger partial charge in [0.25, 0.3) is 5.91 Å². The highest BCUT2D eigenvalue weighted by Gasteiger charge is 2.40. The van der Waals surface area contributed by atoms with Gasteiger partial charge in [-0.3, -0.25) is 43.8 Å². The SMILES string of the molecule is CN1CNN=C1[C@H](O)c1cccc(-n2cc3c(C(F)(F)F)cc(CN4CCC(CC(=O)N5CCC(c6ccc(-c7ccc8c(c7)CN(C7CCC(=O)NC7=O)C8=O)cc6)CC5)CC4)cn3c2=O)c1. The van der Waals surface area contributed by atoms with E-state index in [-0.39, 0.29) is 42.1 Å². The Morgan fingerprint density at radius 1 is 0.882 bits per heavy atom. The zero-order chi connectivity index (χ0) is 47.4. The Hall–Kier alpha value is -6.79. The molecule has 7 heterocycles. The summed E-state index contributed by atoms with van der Waals surface area (Å²) in [5.74, 6) is 0.0416. The van der Waals surface area contributed by atoms with Gasteiger partial charge in [-0.2, -0.15) is 18.3 Å². The summed E-state index contributed by atoms with van der Waals surface area (Å²) >= 11 is 0. The molecule has 5 aliphatic heterocycles. The number of aliphatic hydroxyl groups excluding tert-OH is 1. The molecule has 15 nitrogen and oxygen atoms in total. The van der Waals surface area contributed by atoms with Crippen molar-refractivity contribution in [1.29, 1.82) is 0 Å². The van der Waals surface area contributed by atoms with Crippen LogP contribution in [0.5, 0.6) is 0 Å². The van der Waals surface area contributed by atoms with Gasteiger partial charge in [-0.1, -0.05) is 42.5 Å². The number of hydrazone groups is 1. The number of rotatable bonds is 10. The van der Waals surface area contributed by atoms with E-state index in [1.807, 2.05) is 23.1 Å². The molecule has 1 unspecified atom stereocenters. The number of piperidine rings is 3. The van der Waals surface area contributed by atoms with E-state index < -0.39 is 35.5 Å². The molecule has 2 atom stereocenters. The zero-order valence-corrected chi connectivity index (χ0v) is 37.5. The van der Waals surface area contributed by atoms with Crippen LogP contribution < -0.4 is 16.4 Å². The van der Waals surface area contributed by atoms with Gasteiger partial charge in [0.1, 0.15) is 18.8 Å². The standard InChI is InChI=1S/C50H52F3N9O6/c1-57-29-54-56-46(57)45(65)36-3-2-4-38(24-36)60-28-42-40(50(51,52)53)21-31(26-62(42)49(60)68)25-58-17-13-30(14-18-58)22-44(64)59-19-15-34(16-20-59)32-5-7-33(8-6-32)35-9-10-39-37(23-35)27-61(48(39)67)41-11-12-43(63)55-47(41)66/h2-10,21,23-24,26,28,30,34,41,45,54,65H,11-20,22,25,27,29H2,1H3,(H,55,63,66)/t41?,45-/m1/s1. The van der Waals surface area contributed by atoms with Crippen LogP contribution in [0.1, 0.15) is 95.1 Å². The van der Waals surface area contributed by atoms with Crippen molar-refractivity contribution in [3.63, 3.8) is 0 Å². The second kappa shape index (κ2) is 18.0. The second-order valence-corrected chi connectivity index (χ2v) is 18.8. The summed E-state index contributed by atoms with van der Waals surface area (Å²) in [7, 11) is 1.76. The Kier molecular flexibility index (Phi) is 11.9. The summed E-state index contributed by atoms with van der Waals surface area (Å²) < 4.78 is 45.9. The number of imidazole rings is 1. The van der Waals surface area contributed by atoms with Crippen molar-refractivity contribution in [2.45, 2.75) is 82.3 Å². The van der Waals surface area contributed by atoms with Crippen LogP contribution >= 0.6 is 0 Å². The number of nitrogens with one attached hydrogen (secondary N) is 2. The third kappa shape index (κ3) is 8.77. The van der Waals surface area contributed by atoms with Crippen molar-refractivity contribution < 1.29 is 37.5 Å². The average Bonchev–Trinajstić information content (AvgIpc) is 4.02. The molecule has 5 aromatic rings. The average molecular weight is 932 g/mol. The molecular weight excluding hydrogens is 880 g/mol. The molecule has 68 heavy (non-hydrogen) atoms. The first-order valence-corrected chi connectivity index (χ1v) is 23.2. The van der Waals surface area contributed by atoms with Gasteiger partial charge >= 0.3 is 11.9 Å². The largest absolute Gasteiger partial charge is 0.418 e. The van der Waals surface area contributed by atoms with Gasteiger partial charge in [0.15, 0.2) is 5.84 Å². The summed E-state index contributed by atoms with van der Waals surface area (Å²) in [6.45, 7) is 3.50. The third-order valence-electron chi connectivity index (χ3n) is 14.4. The number of carbonyl (C=O) groups excluding carboxylic acids is 4. The highest BCUT2D eigenvalue weighted by molar-refractivity contribution is 6.05. The molecule has 3 N–H and O–H groups in total. The number of pyridine rings is 1. The molecule has 0 aliphatic carbocycles. The van der Waals surface area contributed by atoms with Crippen LogP contribution in [-0.4, -0.2) is 109 Å². The predicted octanol–water partition coefficient (Wildman–Crippen LogP) is 5.38. The summed E-state index contributed by atoms with van der Waals surface area (Å²) in [5, 5.41) is 17.4. The molecular formula is C50H52F3N9O6. The van der Waals surface area contributed by atoms with Gasteiger partial charge in [0, 0.05) is 64.0 Å². The van der Waals surface area contributed by atoms with Crippen LogP contribution in [0.15, 0.2) is 95.1 Å². The predicted molar refractivity (Wildman–Crippen MR) is 245 cm³/mol. The maximum atomic E-state index is 14.6. The molecule has 0 saturated carbocycles. The van der Waals surface area contributed by atoms with Crippen molar-refractivity contribution in [2.75, 3.05) is 39.9 Å². The maximum Gasteiger partial charge on any atom is 0.418 e. The lowest BCUT2D eigenvalue weighted by atomic mass is 9.87. The Morgan fingerprint density at radius 2 is 1.63 bits per heavy atom. The maximum absolute atomic E-state index is 14.6. The molecule has 2 aromatic heterocycles. The fourth-order valence-corrected chi connectivity index (χ4v) is 10.5. The molecule has 3 saturated heterocycles. The number of alkyl halides is 3. The number of carbonyl (C=O) groups is 4. The molecule has 5 aliphatic rings. The monoisotopic (exact) mass is 931 g/mol. The number of amides is 4. The van der Waals surface area contributed by atoms with Crippen molar-refractivity contribution in [1.82, 2.24) is 39.3 Å². The summed E-state index contributed by atoms with van der Waals surface area (Å²) in [6, 6.07) is 21.1. The number of halogens is 3. The van der Waals surface area contributed by atoms with Gasteiger partial charge < -0.3 is 19.8 Å². The van der Waals surface area contributed by atoms with Gasteiger partial charge in [0.05, 0.1) is 16.8 Å². The topological polar surface area (TPSA) is 164 Å². The minimum atomic E-state index is -4.72. The molecule has 3 aromatic carbocycles. The van der Waals surface area contributed by atoms with E-state index in [0.29, 0.717) is 86.4 Å². The summed E-state index contributed by atoms with van der Waals surface area (Å²) in [4.78, 5) is 71.9. The molecule has 18 heteroatoms. The van der Waals surface area contributed by atoms with Gasteiger partial charge in [0.2, 0.25) is 17.7 Å². The smallest absolute Gasteiger partial charge is 0.380 e. The van der Waals surface area contributed by atoms with E-state index >= 15 is 0 Å². The Bertz CT molecular complexity index is 2900. The zero-order valence-electron chi connectivity index (χ0n) is 37.5. The molecule has 354 valence electrons. The fourth-order valence-electron chi connectivity index (χ4n) is 10.5. The van der Waals surface area contributed by atoms with Crippen LogP contribution in [0.25, 0.3) is 22.3 Å². The number of amidine groups is 1. The van der Waals surface area contributed by atoms with E-state index in [1.165, 1.54) is 18.0 Å². The van der Waals surface area contributed by atoms with E-state index in [2.05, 4.69) is 45.0 Å². The van der Waals surface area contributed by atoms with Crippen LogP contribution in [-0.2, 0) is 33.6 Å². The number of nitrogens with zero attached hydrogens (tertiary/aromatic N) is 7.